The summed E-state index contributed by atoms with van der Waals surface area (Å²) in [5.74, 6) is 0.105. The molecule has 0 saturated carbocycles. The summed E-state index contributed by atoms with van der Waals surface area (Å²) in [5, 5.41) is 3.32. The van der Waals surface area contributed by atoms with Crippen LogP contribution in [0, 0.1) is 0 Å². The van der Waals surface area contributed by atoms with Crippen molar-refractivity contribution >= 4 is 11.6 Å². The molecule has 0 heterocycles. The third-order valence-electron chi connectivity index (χ3n) is 3.47. The molecule has 0 spiro atoms. The maximum Gasteiger partial charge on any atom is 0.254 e. The summed E-state index contributed by atoms with van der Waals surface area (Å²) in [6.45, 7) is 8.81. The van der Waals surface area contributed by atoms with E-state index in [2.05, 4.69) is 24.1 Å². The van der Waals surface area contributed by atoms with Crippen LogP contribution in [0.1, 0.15) is 37.6 Å². The highest BCUT2D eigenvalue weighted by Gasteiger charge is 2.20. The van der Waals surface area contributed by atoms with E-state index < -0.39 is 0 Å². The average Bonchev–Trinajstić information content (AvgIpc) is 2.45. The fourth-order valence-corrected chi connectivity index (χ4v) is 2.45. The third kappa shape index (κ3) is 5.38. The summed E-state index contributed by atoms with van der Waals surface area (Å²) in [5.41, 5.74) is 1.82. The van der Waals surface area contributed by atoms with Gasteiger partial charge in [-0.2, -0.15) is 0 Å². The van der Waals surface area contributed by atoms with E-state index in [4.69, 9.17) is 0 Å². The summed E-state index contributed by atoms with van der Waals surface area (Å²) in [7, 11) is 4.06. The number of likely N-dealkylation sites (N-methyl/N-ethyl adjacent to an activating group) is 2. The van der Waals surface area contributed by atoms with Crippen molar-refractivity contribution in [3.63, 3.8) is 0 Å². The molecule has 1 atom stereocenters. The monoisotopic (exact) mass is 291 g/mol. The molecular weight excluding hydrogens is 262 g/mol. The van der Waals surface area contributed by atoms with Crippen LogP contribution in [0.15, 0.2) is 24.3 Å². The highest BCUT2D eigenvalue weighted by Crippen LogP contribution is 2.13. The molecule has 1 N–H and O–H groups in total. The van der Waals surface area contributed by atoms with Crippen molar-refractivity contribution in [2.45, 2.75) is 33.2 Å². The normalized spacial score (nSPS) is 12.3. The Balaban J connectivity index is 2.75. The van der Waals surface area contributed by atoms with E-state index in [1.165, 1.54) is 0 Å². The van der Waals surface area contributed by atoms with Gasteiger partial charge in [0, 0.05) is 36.9 Å². The zero-order chi connectivity index (χ0) is 15.8. The van der Waals surface area contributed by atoms with Crippen LogP contribution >= 0.6 is 0 Å². The molecule has 1 aromatic rings. The Labute approximate surface area is 129 Å². The number of carbonyl (C=O) groups excluding carboxylic acids is 1. The number of nitrogens with zero attached hydrogens (tertiary/aromatic N) is 2. The Hall–Kier alpha value is -1.55. The second-order valence-electron chi connectivity index (χ2n) is 5.71. The standard InChI is InChI=1S/C17H29N3O/c1-6-12-18-16-10-8-15(9-11-16)17(21)20(7-2)14(3)13-19(4)5/h8-11,14,18H,6-7,12-13H2,1-5H3. The quantitative estimate of drug-likeness (QED) is 0.800. The van der Waals surface area contributed by atoms with Crippen molar-refractivity contribution in [1.29, 1.82) is 0 Å². The maximum absolute atomic E-state index is 12.6. The Kier molecular flexibility index (Phi) is 7.23. The number of carbonyl (C=O) groups is 1. The van der Waals surface area contributed by atoms with Gasteiger partial charge in [0.15, 0.2) is 0 Å². The van der Waals surface area contributed by atoms with E-state index in [1.54, 1.807) is 0 Å². The lowest BCUT2D eigenvalue weighted by molar-refractivity contribution is 0.0679. The predicted molar refractivity (Wildman–Crippen MR) is 89.9 cm³/mol. The first-order valence-corrected chi connectivity index (χ1v) is 7.79. The smallest absolute Gasteiger partial charge is 0.254 e. The van der Waals surface area contributed by atoms with Crippen LogP contribution in [-0.2, 0) is 0 Å². The van der Waals surface area contributed by atoms with Gasteiger partial charge in [-0.1, -0.05) is 6.92 Å². The van der Waals surface area contributed by atoms with Gasteiger partial charge in [-0.15, -0.1) is 0 Å². The molecule has 0 saturated heterocycles. The maximum atomic E-state index is 12.6. The molecule has 0 fully saturated rings. The Morgan fingerprint density at radius 2 is 1.81 bits per heavy atom. The number of hydrogen-bond donors (Lipinski definition) is 1. The lowest BCUT2D eigenvalue weighted by atomic mass is 10.1. The largest absolute Gasteiger partial charge is 0.385 e. The van der Waals surface area contributed by atoms with E-state index in [0.29, 0.717) is 0 Å². The SMILES string of the molecule is CCCNc1ccc(C(=O)N(CC)C(C)CN(C)C)cc1. The molecule has 1 amide bonds. The summed E-state index contributed by atoms with van der Waals surface area (Å²) in [6, 6.07) is 7.98. The molecule has 0 aromatic heterocycles. The molecule has 0 aliphatic rings. The van der Waals surface area contributed by atoms with Crippen molar-refractivity contribution in [2.24, 2.45) is 0 Å². The van der Waals surface area contributed by atoms with Gasteiger partial charge in [-0.25, -0.2) is 0 Å². The molecule has 1 rings (SSSR count). The zero-order valence-electron chi connectivity index (χ0n) is 14.0. The van der Waals surface area contributed by atoms with E-state index in [1.807, 2.05) is 50.2 Å². The minimum Gasteiger partial charge on any atom is -0.385 e. The first-order chi connectivity index (χ1) is 9.99. The van der Waals surface area contributed by atoms with Crippen molar-refractivity contribution in [3.8, 4) is 0 Å². The van der Waals surface area contributed by atoms with Crippen LogP contribution in [0.5, 0.6) is 0 Å². The van der Waals surface area contributed by atoms with E-state index >= 15 is 0 Å². The second-order valence-corrected chi connectivity index (χ2v) is 5.71. The molecule has 0 aliphatic heterocycles. The molecule has 0 aliphatic carbocycles. The number of benzene rings is 1. The minimum atomic E-state index is 0.105. The van der Waals surface area contributed by atoms with Crippen molar-refractivity contribution in [3.05, 3.63) is 29.8 Å². The Morgan fingerprint density at radius 3 is 2.29 bits per heavy atom. The van der Waals surface area contributed by atoms with Crippen molar-refractivity contribution < 1.29 is 4.79 Å². The van der Waals surface area contributed by atoms with Crippen LogP contribution in [-0.4, -0.2) is 55.5 Å². The number of amides is 1. The van der Waals surface area contributed by atoms with Gasteiger partial charge in [0.2, 0.25) is 0 Å². The lowest BCUT2D eigenvalue weighted by Crippen LogP contribution is -2.43. The molecule has 0 bridgehead atoms. The molecule has 4 heteroatoms. The predicted octanol–water partition coefficient (Wildman–Crippen LogP) is 2.92. The number of anilines is 1. The van der Waals surface area contributed by atoms with Gasteiger partial charge < -0.3 is 15.1 Å². The molecule has 0 radical (unpaired) electrons. The van der Waals surface area contributed by atoms with E-state index in [-0.39, 0.29) is 11.9 Å². The van der Waals surface area contributed by atoms with Gasteiger partial charge in [0.05, 0.1) is 0 Å². The fraction of sp³-hybridized carbons (Fsp3) is 0.588. The van der Waals surface area contributed by atoms with Gasteiger partial charge in [0.25, 0.3) is 5.91 Å². The molecule has 1 unspecified atom stereocenters. The van der Waals surface area contributed by atoms with Gasteiger partial charge >= 0.3 is 0 Å². The highest BCUT2D eigenvalue weighted by atomic mass is 16.2. The third-order valence-corrected chi connectivity index (χ3v) is 3.47. The fourth-order valence-electron chi connectivity index (χ4n) is 2.45. The highest BCUT2D eigenvalue weighted by molar-refractivity contribution is 5.94. The van der Waals surface area contributed by atoms with Crippen LogP contribution in [0.2, 0.25) is 0 Å². The summed E-state index contributed by atoms with van der Waals surface area (Å²) >= 11 is 0. The number of nitrogens with one attached hydrogen (secondary N) is 1. The van der Waals surface area contributed by atoms with Crippen LogP contribution in [0.3, 0.4) is 0 Å². The van der Waals surface area contributed by atoms with Crippen molar-refractivity contribution in [2.75, 3.05) is 39.0 Å². The average molecular weight is 291 g/mol. The molecule has 118 valence electrons. The van der Waals surface area contributed by atoms with Crippen LogP contribution in [0.25, 0.3) is 0 Å². The number of rotatable bonds is 8. The van der Waals surface area contributed by atoms with E-state index in [9.17, 15) is 4.79 Å². The van der Waals surface area contributed by atoms with Gasteiger partial charge in [-0.3, -0.25) is 4.79 Å². The van der Waals surface area contributed by atoms with Gasteiger partial charge in [0.1, 0.15) is 0 Å². The first kappa shape index (κ1) is 17.5. The topological polar surface area (TPSA) is 35.6 Å². The zero-order valence-corrected chi connectivity index (χ0v) is 14.0. The van der Waals surface area contributed by atoms with Gasteiger partial charge in [-0.05, 0) is 58.6 Å². The molecule has 4 nitrogen and oxygen atoms in total. The van der Waals surface area contributed by atoms with Crippen molar-refractivity contribution in [1.82, 2.24) is 9.80 Å². The molecule has 21 heavy (non-hydrogen) atoms. The van der Waals surface area contributed by atoms with E-state index in [0.717, 1.165) is 37.3 Å². The minimum absolute atomic E-state index is 0.105. The summed E-state index contributed by atoms with van der Waals surface area (Å²) < 4.78 is 0. The second kappa shape index (κ2) is 8.67. The lowest BCUT2D eigenvalue weighted by Gasteiger charge is -2.30. The Morgan fingerprint density at radius 1 is 1.19 bits per heavy atom. The summed E-state index contributed by atoms with van der Waals surface area (Å²) in [6.07, 6.45) is 1.09. The first-order valence-electron chi connectivity index (χ1n) is 7.79. The summed E-state index contributed by atoms with van der Waals surface area (Å²) in [4.78, 5) is 16.6. The molecular formula is C17H29N3O. The van der Waals surface area contributed by atoms with Crippen LogP contribution < -0.4 is 5.32 Å². The molecule has 1 aromatic carbocycles. The van der Waals surface area contributed by atoms with Crippen LogP contribution in [0.4, 0.5) is 5.69 Å². The Bertz CT molecular complexity index is 428. The number of hydrogen-bond acceptors (Lipinski definition) is 3.